The number of rotatable bonds is 3. The van der Waals surface area contributed by atoms with E-state index in [1.165, 1.54) is 18.5 Å². The molecule has 2 heterocycles. The zero-order valence-corrected chi connectivity index (χ0v) is 8.94. The number of aromatic hydroxyl groups is 1. The molecule has 86 valence electrons. The number of hydrogen-bond donors (Lipinski definition) is 3. The predicted molar refractivity (Wildman–Crippen MR) is 59.3 cm³/mol. The van der Waals surface area contributed by atoms with Gasteiger partial charge in [-0.1, -0.05) is 0 Å². The van der Waals surface area contributed by atoms with Crippen LogP contribution in [0.4, 0.5) is 0 Å². The third kappa shape index (κ3) is 2.70. The summed E-state index contributed by atoms with van der Waals surface area (Å²) in [4.78, 5) is 15.4. The molecule has 1 atom stereocenters. The Morgan fingerprint density at radius 2 is 2.50 bits per heavy atom. The first-order valence-electron chi connectivity index (χ1n) is 5.41. The van der Waals surface area contributed by atoms with Gasteiger partial charge in [-0.05, 0) is 25.5 Å². The fraction of sp³-hybridized carbons (Fsp3) is 0.455. The number of aromatic nitrogens is 1. The normalized spacial score (nSPS) is 19.6. The molecule has 1 aliphatic heterocycles. The number of pyridine rings is 1. The molecule has 5 nitrogen and oxygen atoms in total. The Hall–Kier alpha value is -1.62. The summed E-state index contributed by atoms with van der Waals surface area (Å²) in [6.45, 7) is 1.64. The number of nitrogens with zero attached hydrogens (tertiary/aromatic N) is 1. The number of amides is 1. The molecule has 16 heavy (non-hydrogen) atoms. The Labute approximate surface area is 93.9 Å². The smallest absolute Gasteiger partial charge is 0.253 e. The zero-order chi connectivity index (χ0) is 11.4. The molecule has 3 N–H and O–H groups in total. The van der Waals surface area contributed by atoms with Crippen LogP contribution in [-0.4, -0.2) is 35.1 Å². The van der Waals surface area contributed by atoms with Crippen molar-refractivity contribution in [3.05, 3.63) is 24.0 Å². The van der Waals surface area contributed by atoms with Crippen LogP contribution in [0.15, 0.2) is 18.5 Å². The van der Waals surface area contributed by atoms with Crippen molar-refractivity contribution in [1.29, 1.82) is 0 Å². The molecule has 1 aromatic heterocycles. The molecule has 1 amide bonds. The number of carbonyl (C=O) groups is 1. The molecule has 2 rings (SSSR count). The molecule has 1 unspecified atom stereocenters. The van der Waals surface area contributed by atoms with Gasteiger partial charge in [-0.15, -0.1) is 0 Å². The Morgan fingerprint density at radius 1 is 1.62 bits per heavy atom. The van der Waals surface area contributed by atoms with Gasteiger partial charge in [0.05, 0.1) is 11.8 Å². The van der Waals surface area contributed by atoms with Crippen LogP contribution in [-0.2, 0) is 0 Å². The highest BCUT2D eigenvalue weighted by Crippen LogP contribution is 2.08. The lowest BCUT2D eigenvalue weighted by Crippen LogP contribution is -2.37. The topological polar surface area (TPSA) is 74.2 Å². The first-order chi connectivity index (χ1) is 7.75. The standard InChI is InChI=1S/C11H15N3O2/c15-10-4-8(5-12-7-10)11(16)14-6-9-2-1-3-13-9/h4-5,7,9,13,15H,1-3,6H2,(H,14,16). The molecule has 0 aromatic carbocycles. The lowest BCUT2D eigenvalue weighted by Gasteiger charge is -2.11. The van der Waals surface area contributed by atoms with Crippen molar-refractivity contribution >= 4 is 5.91 Å². The largest absolute Gasteiger partial charge is 0.506 e. The quantitative estimate of drug-likeness (QED) is 0.685. The molecule has 0 saturated carbocycles. The lowest BCUT2D eigenvalue weighted by molar-refractivity contribution is 0.0949. The highest BCUT2D eigenvalue weighted by molar-refractivity contribution is 5.94. The number of nitrogens with one attached hydrogen (secondary N) is 2. The molecule has 5 heteroatoms. The van der Waals surface area contributed by atoms with Crippen LogP contribution in [0.3, 0.4) is 0 Å². The van der Waals surface area contributed by atoms with E-state index in [1.54, 1.807) is 0 Å². The maximum Gasteiger partial charge on any atom is 0.253 e. The first-order valence-corrected chi connectivity index (χ1v) is 5.41. The summed E-state index contributed by atoms with van der Waals surface area (Å²) in [6, 6.07) is 1.78. The fourth-order valence-electron chi connectivity index (χ4n) is 1.80. The van der Waals surface area contributed by atoms with E-state index in [9.17, 15) is 9.90 Å². The van der Waals surface area contributed by atoms with Gasteiger partial charge in [0.15, 0.2) is 0 Å². The molecule has 0 radical (unpaired) electrons. The van der Waals surface area contributed by atoms with Gasteiger partial charge in [0, 0.05) is 18.8 Å². The molecule has 0 spiro atoms. The van der Waals surface area contributed by atoms with Gasteiger partial charge in [-0.25, -0.2) is 0 Å². The Bertz CT molecular complexity index is 375. The van der Waals surface area contributed by atoms with Crippen LogP contribution in [0.2, 0.25) is 0 Å². The highest BCUT2D eigenvalue weighted by Gasteiger charge is 2.15. The minimum atomic E-state index is -0.197. The van der Waals surface area contributed by atoms with Crippen LogP contribution in [0.25, 0.3) is 0 Å². The van der Waals surface area contributed by atoms with Crippen molar-refractivity contribution < 1.29 is 9.90 Å². The SMILES string of the molecule is O=C(NCC1CCCN1)c1cncc(O)c1. The molecule has 0 bridgehead atoms. The Kier molecular flexibility index (Phi) is 3.36. The minimum Gasteiger partial charge on any atom is -0.506 e. The van der Waals surface area contributed by atoms with Gasteiger partial charge in [-0.3, -0.25) is 9.78 Å². The van der Waals surface area contributed by atoms with Crippen LogP contribution < -0.4 is 10.6 Å². The maximum atomic E-state index is 11.7. The van der Waals surface area contributed by atoms with E-state index in [2.05, 4.69) is 15.6 Å². The van der Waals surface area contributed by atoms with E-state index >= 15 is 0 Å². The summed E-state index contributed by atoms with van der Waals surface area (Å²) in [7, 11) is 0. The first kappa shape index (κ1) is 10.9. The van der Waals surface area contributed by atoms with Gasteiger partial charge in [0.2, 0.25) is 0 Å². The molecule has 1 aliphatic rings. The monoisotopic (exact) mass is 221 g/mol. The Morgan fingerprint density at radius 3 is 3.19 bits per heavy atom. The molecule has 0 aliphatic carbocycles. The van der Waals surface area contributed by atoms with Crippen molar-refractivity contribution in [1.82, 2.24) is 15.6 Å². The van der Waals surface area contributed by atoms with E-state index in [0.29, 0.717) is 18.2 Å². The van der Waals surface area contributed by atoms with Crippen molar-refractivity contribution in [2.75, 3.05) is 13.1 Å². The van der Waals surface area contributed by atoms with Gasteiger partial charge in [0.25, 0.3) is 5.91 Å². The summed E-state index contributed by atoms with van der Waals surface area (Å²) in [5, 5.41) is 15.3. The van der Waals surface area contributed by atoms with Crippen molar-refractivity contribution in [3.8, 4) is 5.75 Å². The summed E-state index contributed by atoms with van der Waals surface area (Å²) < 4.78 is 0. The van der Waals surface area contributed by atoms with E-state index in [1.807, 2.05) is 0 Å². The van der Waals surface area contributed by atoms with Crippen LogP contribution in [0, 0.1) is 0 Å². The second-order valence-corrected chi connectivity index (χ2v) is 3.94. The summed E-state index contributed by atoms with van der Waals surface area (Å²) >= 11 is 0. The summed E-state index contributed by atoms with van der Waals surface area (Å²) in [6.07, 6.45) is 5.00. The molecule has 1 fully saturated rings. The molecule has 1 saturated heterocycles. The summed E-state index contributed by atoms with van der Waals surface area (Å²) in [5.41, 5.74) is 0.387. The average Bonchev–Trinajstić information content (AvgIpc) is 2.78. The van der Waals surface area contributed by atoms with Crippen molar-refractivity contribution in [3.63, 3.8) is 0 Å². The van der Waals surface area contributed by atoms with E-state index in [0.717, 1.165) is 19.4 Å². The Balaban J connectivity index is 1.87. The third-order valence-corrected chi connectivity index (χ3v) is 2.66. The van der Waals surface area contributed by atoms with Crippen molar-refractivity contribution in [2.24, 2.45) is 0 Å². The van der Waals surface area contributed by atoms with Crippen LogP contribution >= 0.6 is 0 Å². The van der Waals surface area contributed by atoms with Gasteiger partial charge in [0.1, 0.15) is 5.75 Å². The number of hydrogen-bond acceptors (Lipinski definition) is 4. The predicted octanol–water partition coefficient (Wildman–Crippen LogP) is 0.269. The molecule has 1 aromatic rings. The second-order valence-electron chi connectivity index (χ2n) is 3.94. The van der Waals surface area contributed by atoms with E-state index in [4.69, 9.17) is 0 Å². The minimum absolute atomic E-state index is 0.00615. The zero-order valence-electron chi connectivity index (χ0n) is 8.94. The van der Waals surface area contributed by atoms with Crippen molar-refractivity contribution in [2.45, 2.75) is 18.9 Å². The number of carbonyl (C=O) groups excluding carboxylic acids is 1. The fourth-order valence-corrected chi connectivity index (χ4v) is 1.80. The van der Waals surface area contributed by atoms with Gasteiger partial charge in [-0.2, -0.15) is 0 Å². The average molecular weight is 221 g/mol. The summed E-state index contributed by atoms with van der Waals surface area (Å²) in [5.74, 6) is -0.191. The van der Waals surface area contributed by atoms with Gasteiger partial charge >= 0.3 is 0 Å². The molecular weight excluding hydrogens is 206 g/mol. The van der Waals surface area contributed by atoms with E-state index in [-0.39, 0.29) is 11.7 Å². The maximum absolute atomic E-state index is 11.7. The van der Waals surface area contributed by atoms with Crippen LogP contribution in [0.5, 0.6) is 5.75 Å². The highest BCUT2D eigenvalue weighted by atomic mass is 16.3. The van der Waals surface area contributed by atoms with E-state index < -0.39 is 0 Å². The van der Waals surface area contributed by atoms with Gasteiger partial charge < -0.3 is 15.7 Å². The third-order valence-electron chi connectivity index (χ3n) is 2.66. The van der Waals surface area contributed by atoms with Crippen LogP contribution in [0.1, 0.15) is 23.2 Å². The lowest BCUT2D eigenvalue weighted by atomic mass is 10.2. The second kappa shape index (κ2) is 4.94. The molecular formula is C11H15N3O2.